The largest absolute Gasteiger partial charge is 0.458 e. The van der Waals surface area contributed by atoms with E-state index in [-0.39, 0.29) is 23.7 Å². The van der Waals surface area contributed by atoms with Gasteiger partial charge in [0.2, 0.25) is 0 Å². The standard InChI is InChI=1S/C19H22O6/c1-10(2)17(21)23-13-8-12(9-20)6-5-7-19(4)16(25-19)15-14(13)11(3)18(22)24-15/h6,9,13-16H,1,3,5,7-8H2,2,4H3/b12-6-/t13-,14+,15-,16+,19+/m0/s1. The van der Waals surface area contributed by atoms with E-state index in [1.54, 1.807) is 6.92 Å². The Bertz CT molecular complexity index is 690. The number of epoxide rings is 1. The van der Waals surface area contributed by atoms with Crippen molar-refractivity contribution in [3.05, 3.63) is 36.0 Å². The van der Waals surface area contributed by atoms with E-state index in [1.807, 2.05) is 13.0 Å². The third kappa shape index (κ3) is 3.18. The minimum absolute atomic E-state index is 0.197. The Morgan fingerprint density at radius 2 is 2.20 bits per heavy atom. The summed E-state index contributed by atoms with van der Waals surface area (Å²) in [6, 6.07) is 0. The van der Waals surface area contributed by atoms with Crippen LogP contribution in [0.15, 0.2) is 36.0 Å². The Morgan fingerprint density at radius 1 is 1.48 bits per heavy atom. The van der Waals surface area contributed by atoms with Crippen LogP contribution in [0.4, 0.5) is 0 Å². The Labute approximate surface area is 146 Å². The molecule has 134 valence electrons. The molecule has 0 aromatic heterocycles. The normalized spacial score (nSPS) is 39.2. The van der Waals surface area contributed by atoms with Crippen molar-refractivity contribution in [1.82, 2.24) is 0 Å². The number of carbonyl (C=O) groups excluding carboxylic acids is 3. The van der Waals surface area contributed by atoms with Gasteiger partial charge in [-0.15, -0.1) is 0 Å². The molecule has 2 saturated heterocycles. The van der Waals surface area contributed by atoms with Crippen LogP contribution in [0.2, 0.25) is 0 Å². The van der Waals surface area contributed by atoms with Crippen molar-refractivity contribution in [3.8, 4) is 0 Å². The molecule has 1 aliphatic carbocycles. The zero-order valence-corrected chi connectivity index (χ0v) is 14.4. The van der Waals surface area contributed by atoms with E-state index in [4.69, 9.17) is 14.2 Å². The lowest BCUT2D eigenvalue weighted by molar-refractivity contribution is -0.148. The van der Waals surface area contributed by atoms with E-state index in [0.29, 0.717) is 12.0 Å². The zero-order chi connectivity index (χ0) is 18.4. The summed E-state index contributed by atoms with van der Waals surface area (Å²) in [4.78, 5) is 35.6. The second kappa shape index (κ2) is 6.26. The van der Waals surface area contributed by atoms with E-state index in [2.05, 4.69) is 13.2 Å². The van der Waals surface area contributed by atoms with Crippen LogP contribution in [0.5, 0.6) is 0 Å². The van der Waals surface area contributed by atoms with E-state index < -0.39 is 35.7 Å². The first-order valence-electron chi connectivity index (χ1n) is 8.35. The highest BCUT2D eigenvalue weighted by Gasteiger charge is 2.63. The summed E-state index contributed by atoms with van der Waals surface area (Å²) < 4.78 is 16.9. The fourth-order valence-electron chi connectivity index (χ4n) is 3.60. The summed E-state index contributed by atoms with van der Waals surface area (Å²) in [7, 11) is 0. The summed E-state index contributed by atoms with van der Waals surface area (Å²) in [5.41, 5.74) is 0.591. The lowest BCUT2D eigenvalue weighted by Gasteiger charge is -2.27. The van der Waals surface area contributed by atoms with Crippen molar-refractivity contribution in [2.45, 2.75) is 57.0 Å². The van der Waals surface area contributed by atoms with Crippen LogP contribution in [-0.2, 0) is 28.6 Å². The monoisotopic (exact) mass is 346 g/mol. The third-order valence-corrected chi connectivity index (χ3v) is 5.14. The van der Waals surface area contributed by atoms with Gasteiger partial charge in [-0.3, -0.25) is 4.79 Å². The molecule has 0 unspecified atom stereocenters. The molecular formula is C19H22O6. The van der Waals surface area contributed by atoms with Crippen LogP contribution < -0.4 is 0 Å². The average molecular weight is 346 g/mol. The molecule has 0 N–H and O–H groups in total. The molecular weight excluding hydrogens is 324 g/mol. The first-order chi connectivity index (χ1) is 11.8. The molecule has 0 aromatic carbocycles. The fourth-order valence-corrected chi connectivity index (χ4v) is 3.60. The highest BCUT2D eigenvalue weighted by atomic mass is 16.6. The molecule has 6 nitrogen and oxygen atoms in total. The quantitative estimate of drug-likeness (QED) is 0.337. The molecule has 0 aromatic rings. The molecule has 0 spiro atoms. The van der Waals surface area contributed by atoms with Gasteiger partial charge in [0.15, 0.2) is 0 Å². The third-order valence-electron chi connectivity index (χ3n) is 5.14. The van der Waals surface area contributed by atoms with E-state index >= 15 is 0 Å². The SMILES string of the molecule is C=C(C)C(=O)O[C@H]1C/C(C=O)=C/CC[C@@]2(C)O[C@@H]2[C@H]2OC(=O)C(=C)[C@@H]21. The number of aldehydes is 1. The van der Waals surface area contributed by atoms with Gasteiger partial charge in [0.05, 0.1) is 11.5 Å². The molecule has 2 aliphatic heterocycles. The van der Waals surface area contributed by atoms with Gasteiger partial charge in [-0.25, -0.2) is 9.59 Å². The van der Waals surface area contributed by atoms with Crippen LogP contribution in [0.1, 0.15) is 33.1 Å². The fraction of sp³-hybridized carbons (Fsp3) is 0.526. The summed E-state index contributed by atoms with van der Waals surface area (Å²) >= 11 is 0. The van der Waals surface area contributed by atoms with Gasteiger partial charge < -0.3 is 14.2 Å². The van der Waals surface area contributed by atoms with Crippen LogP contribution in [-0.4, -0.2) is 42.1 Å². The maximum atomic E-state index is 12.1. The second-order valence-electron chi connectivity index (χ2n) is 7.14. The van der Waals surface area contributed by atoms with Crippen LogP contribution >= 0.6 is 0 Å². The van der Waals surface area contributed by atoms with E-state index in [1.165, 1.54) is 0 Å². The maximum absolute atomic E-state index is 12.1. The number of ether oxygens (including phenoxy) is 3. The molecule has 6 heteroatoms. The zero-order valence-electron chi connectivity index (χ0n) is 14.4. The van der Waals surface area contributed by atoms with Crippen molar-refractivity contribution < 1.29 is 28.6 Å². The van der Waals surface area contributed by atoms with Crippen molar-refractivity contribution in [3.63, 3.8) is 0 Å². The summed E-state index contributed by atoms with van der Waals surface area (Å²) in [5, 5.41) is 0. The van der Waals surface area contributed by atoms with Gasteiger partial charge in [-0.05, 0) is 32.3 Å². The molecule has 2 fully saturated rings. The van der Waals surface area contributed by atoms with Crippen molar-refractivity contribution in [2.24, 2.45) is 5.92 Å². The summed E-state index contributed by atoms with van der Waals surface area (Å²) in [6.45, 7) is 10.9. The van der Waals surface area contributed by atoms with Crippen molar-refractivity contribution >= 4 is 18.2 Å². The molecule has 3 aliphatic rings. The highest BCUT2D eigenvalue weighted by molar-refractivity contribution is 5.92. The first-order valence-corrected chi connectivity index (χ1v) is 8.35. The van der Waals surface area contributed by atoms with Crippen LogP contribution in [0.25, 0.3) is 0 Å². The summed E-state index contributed by atoms with van der Waals surface area (Å²) in [5.74, 6) is -1.64. The van der Waals surface area contributed by atoms with Gasteiger partial charge >= 0.3 is 11.9 Å². The van der Waals surface area contributed by atoms with Gasteiger partial charge in [-0.1, -0.05) is 19.2 Å². The number of esters is 2. The minimum Gasteiger partial charge on any atom is -0.458 e. The van der Waals surface area contributed by atoms with Gasteiger partial charge in [0.1, 0.15) is 24.6 Å². The van der Waals surface area contributed by atoms with E-state index in [9.17, 15) is 14.4 Å². The number of rotatable bonds is 3. The van der Waals surface area contributed by atoms with E-state index in [0.717, 1.165) is 12.7 Å². The van der Waals surface area contributed by atoms with Crippen LogP contribution in [0, 0.1) is 5.92 Å². The lowest BCUT2D eigenvalue weighted by Crippen LogP contribution is -2.38. The Hall–Kier alpha value is -2.21. The predicted octanol–water partition coefficient (Wildman–Crippen LogP) is 2.04. The minimum atomic E-state index is -0.740. The molecule has 5 atom stereocenters. The Kier molecular flexibility index (Phi) is 4.41. The maximum Gasteiger partial charge on any atom is 0.334 e. The number of hydrogen-bond acceptors (Lipinski definition) is 6. The predicted molar refractivity (Wildman–Crippen MR) is 88.5 cm³/mol. The van der Waals surface area contributed by atoms with Gasteiger partial charge in [-0.2, -0.15) is 0 Å². The molecule has 0 bridgehead atoms. The topological polar surface area (TPSA) is 82.2 Å². The molecule has 0 saturated carbocycles. The smallest absolute Gasteiger partial charge is 0.334 e. The first kappa shape index (κ1) is 17.6. The van der Waals surface area contributed by atoms with Crippen molar-refractivity contribution in [2.75, 3.05) is 0 Å². The number of fused-ring (bicyclic) bond motifs is 3. The van der Waals surface area contributed by atoms with Gasteiger partial charge in [0.25, 0.3) is 0 Å². The lowest BCUT2D eigenvalue weighted by atomic mass is 9.82. The average Bonchev–Trinajstić information content (AvgIpc) is 3.13. The molecule has 25 heavy (non-hydrogen) atoms. The number of allylic oxidation sites excluding steroid dienone is 1. The highest BCUT2D eigenvalue weighted by Crippen LogP contribution is 2.50. The molecule has 3 rings (SSSR count). The van der Waals surface area contributed by atoms with Crippen molar-refractivity contribution in [1.29, 1.82) is 0 Å². The molecule has 0 radical (unpaired) electrons. The number of hydrogen-bond donors (Lipinski definition) is 0. The van der Waals surface area contributed by atoms with Crippen LogP contribution in [0.3, 0.4) is 0 Å². The van der Waals surface area contributed by atoms with Gasteiger partial charge in [0, 0.05) is 17.6 Å². The summed E-state index contributed by atoms with van der Waals surface area (Å²) in [6.07, 6.45) is 2.59. The second-order valence-corrected chi connectivity index (χ2v) is 7.14. The molecule has 2 heterocycles. The molecule has 0 amide bonds. The Balaban J connectivity index is 1.98. The number of carbonyl (C=O) groups is 3. The Morgan fingerprint density at radius 3 is 2.84 bits per heavy atom.